The van der Waals surface area contributed by atoms with Crippen molar-refractivity contribution in [2.24, 2.45) is 0 Å². The van der Waals surface area contributed by atoms with Crippen molar-refractivity contribution < 1.29 is 14.3 Å². The van der Waals surface area contributed by atoms with Crippen LogP contribution >= 0.6 is 11.6 Å². The Morgan fingerprint density at radius 3 is 2.42 bits per heavy atom. The van der Waals surface area contributed by atoms with Gasteiger partial charge in [0.05, 0.1) is 0 Å². The molecular weight excluding hydrogens is 352 g/mol. The van der Waals surface area contributed by atoms with Crippen LogP contribution in [0.15, 0.2) is 73.8 Å². The summed E-state index contributed by atoms with van der Waals surface area (Å²) in [6.45, 7) is 8.08. The van der Waals surface area contributed by atoms with Gasteiger partial charge in [0.1, 0.15) is 5.75 Å². The molecule has 0 aliphatic heterocycles. The second kappa shape index (κ2) is 9.44. The quantitative estimate of drug-likeness (QED) is 0.714. The minimum Gasteiger partial charge on any atom is -0.410 e. The Bertz CT molecular complexity index is 810. The molecule has 6 heteroatoms. The number of ether oxygens (including phenoxy) is 1. The van der Waals surface area contributed by atoms with E-state index in [1.807, 2.05) is 0 Å². The summed E-state index contributed by atoms with van der Waals surface area (Å²) in [6, 6.07) is 13.1. The van der Waals surface area contributed by atoms with Crippen LogP contribution in [0, 0.1) is 0 Å². The third kappa shape index (κ3) is 5.50. The number of rotatable bonds is 7. The van der Waals surface area contributed by atoms with Crippen molar-refractivity contribution in [3.8, 4) is 5.75 Å². The summed E-state index contributed by atoms with van der Waals surface area (Å²) in [7, 11) is 0. The van der Waals surface area contributed by atoms with Crippen molar-refractivity contribution in [2.75, 3.05) is 18.4 Å². The molecule has 2 aromatic rings. The highest BCUT2D eigenvalue weighted by Gasteiger charge is 2.15. The van der Waals surface area contributed by atoms with Crippen molar-refractivity contribution in [3.05, 3.63) is 84.4 Å². The predicted molar refractivity (Wildman–Crippen MR) is 104 cm³/mol. The van der Waals surface area contributed by atoms with Crippen molar-refractivity contribution in [1.29, 1.82) is 0 Å². The Morgan fingerprint density at radius 2 is 1.77 bits per heavy atom. The van der Waals surface area contributed by atoms with Crippen molar-refractivity contribution in [1.82, 2.24) is 4.90 Å². The fraction of sp³-hybridized carbons (Fsp3) is 0.100. The second-order valence-electron chi connectivity index (χ2n) is 5.34. The lowest BCUT2D eigenvalue weighted by atomic mass is 10.2. The van der Waals surface area contributed by atoms with E-state index in [-0.39, 0.29) is 11.7 Å². The molecule has 0 spiro atoms. The molecule has 134 valence electrons. The van der Waals surface area contributed by atoms with E-state index in [2.05, 4.69) is 18.5 Å². The number of hydrogen-bond donors (Lipinski definition) is 1. The van der Waals surface area contributed by atoms with E-state index < -0.39 is 6.09 Å². The minimum absolute atomic E-state index is 0.203. The highest BCUT2D eigenvalue weighted by Crippen LogP contribution is 2.18. The third-order valence-corrected chi connectivity index (χ3v) is 3.58. The number of hydrogen-bond acceptors (Lipinski definition) is 3. The van der Waals surface area contributed by atoms with E-state index in [1.54, 1.807) is 59.5 Å². The van der Waals surface area contributed by atoms with Gasteiger partial charge in [-0.3, -0.25) is 10.1 Å². The minimum atomic E-state index is -0.675. The van der Waals surface area contributed by atoms with E-state index in [9.17, 15) is 9.59 Å². The second-order valence-corrected chi connectivity index (χ2v) is 5.78. The Kier molecular flexibility index (Phi) is 7.00. The van der Waals surface area contributed by atoms with Crippen LogP contribution in [0.25, 0.3) is 0 Å². The average Bonchev–Trinajstić information content (AvgIpc) is 2.61. The van der Waals surface area contributed by atoms with Gasteiger partial charge in [0.2, 0.25) is 0 Å². The summed E-state index contributed by atoms with van der Waals surface area (Å²) >= 11 is 5.88. The van der Waals surface area contributed by atoms with Gasteiger partial charge in [-0.25, -0.2) is 4.79 Å². The molecule has 0 saturated heterocycles. The van der Waals surface area contributed by atoms with Crippen molar-refractivity contribution in [2.45, 2.75) is 0 Å². The Morgan fingerprint density at radius 1 is 1.08 bits per heavy atom. The molecule has 0 aliphatic rings. The van der Waals surface area contributed by atoms with Gasteiger partial charge in [-0.05, 0) is 36.4 Å². The highest BCUT2D eigenvalue weighted by molar-refractivity contribution is 6.30. The molecule has 1 N–H and O–H groups in total. The van der Waals surface area contributed by atoms with Crippen LogP contribution < -0.4 is 10.1 Å². The highest BCUT2D eigenvalue weighted by atomic mass is 35.5. The molecule has 5 nitrogen and oxygen atoms in total. The number of carbonyl (C=O) groups is 2. The molecule has 0 heterocycles. The lowest BCUT2D eigenvalue weighted by Crippen LogP contribution is -2.31. The first-order chi connectivity index (χ1) is 12.5. The van der Waals surface area contributed by atoms with Crippen LogP contribution in [0.3, 0.4) is 0 Å². The summed E-state index contributed by atoms with van der Waals surface area (Å²) in [4.78, 5) is 26.1. The van der Waals surface area contributed by atoms with Gasteiger partial charge in [-0.2, -0.15) is 0 Å². The van der Waals surface area contributed by atoms with Gasteiger partial charge >= 0.3 is 6.09 Å². The van der Waals surface area contributed by atoms with Crippen LogP contribution in [0.1, 0.15) is 10.4 Å². The number of halogens is 1. The number of nitrogens with one attached hydrogen (secondary N) is 1. The number of benzene rings is 2. The normalized spacial score (nSPS) is 9.88. The maximum atomic E-state index is 12.6. The fourth-order valence-electron chi connectivity index (χ4n) is 2.24. The van der Waals surface area contributed by atoms with Crippen molar-refractivity contribution in [3.63, 3.8) is 0 Å². The Labute approximate surface area is 157 Å². The predicted octanol–water partition coefficient (Wildman–Crippen LogP) is 4.77. The molecule has 0 atom stereocenters. The number of nitrogens with zero attached hydrogens (tertiary/aromatic N) is 1. The molecule has 2 amide bonds. The zero-order chi connectivity index (χ0) is 18.9. The first-order valence-electron chi connectivity index (χ1n) is 7.89. The fourth-order valence-corrected chi connectivity index (χ4v) is 2.43. The zero-order valence-corrected chi connectivity index (χ0v) is 14.9. The maximum Gasteiger partial charge on any atom is 0.417 e. The molecule has 26 heavy (non-hydrogen) atoms. The lowest BCUT2D eigenvalue weighted by molar-refractivity contribution is 0.0790. The SMILES string of the molecule is C=CCN(CC=C)C(=O)c1cccc(OC(=O)Nc2cccc(Cl)c2)c1. The van der Waals surface area contributed by atoms with Crippen LogP contribution in [0.5, 0.6) is 5.75 Å². The summed E-state index contributed by atoms with van der Waals surface area (Å²) in [5.41, 5.74) is 0.916. The van der Waals surface area contributed by atoms with Gasteiger partial charge in [-0.15, -0.1) is 13.2 Å². The number of carbonyl (C=O) groups excluding carboxylic acids is 2. The number of amides is 2. The maximum absolute atomic E-state index is 12.6. The molecule has 0 aliphatic carbocycles. The summed E-state index contributed by atoms with van der Waals surface area (Å²) in [5, 5.41) is 3.08. The molecule has 0 radical (unpaired) electrons. The standard InChI is InChI=1S/C20H19ClN2O3/c1-3-11-23(12-4-2)19(24)15-7-5-10-18(13-15)26-20(25)22-17-9-6-8-16(21)14-17/h3-10,13-14H,1-2,11-12H2,(H,22,25). The molecule has 0 unspecified atom stereocenters. The van der Waals surface area contributed by atoms with Crippen LogP contribution in [-0.2, 0) is 0 Å². The molecule has 2 rings (SSSR count). The molecule has 0 aromatic heterocycles. The smallest absolute Gasteiger partial charge is 0.410 e. The van der Waals surface area contributed by atoms with Crippen LogP contribution in [0.4, 0.5) is 10.5 Å². The summed E-state index contributed by atoms with van der Waals surface area (Å²) in [6.07, 6.45) is 2.60. The monoisotopic (exact) mass is 370 g/mol. The van der Waals surface area contributed by atoms with Crippen LogP contribution in [0.2, 0.25) is 5.02 Å². The van der Waals surface area contributed by atoms with Gasteiger partial charge in [0.25, 0.3) is 5.91 Å². The first-order valence-corrected chi connectivity index (χ1v) is 8.27. The molecule has 0 saturated carbocycles. The Balaban J connectivity index is 2.08. The molecule has 0 bridgehead atoms. The lowest BCUT2D eigenvalue weighted by Gasteiger charge is -2.19. The van der Waals surface area contributed by atoms with Crippen molar-refractivity contribution >= 4 is 29.3 Å². The zero-order valence-electron chi connectivity index (χ0n) is 14.2. The van der Waals surface area contributed by atoms with Gasteiger partial charge in [0.15, 0.2) is 0 Å². The van der Waals surface area contributed by atoms with E-state index in [1.165, 1.54) is 6.07 Å². The first kappa shape index (κ1) is 19.3. The van der Waals surface area contributed by atoms with Gasteiger partial charge in [0, 0.05) is 29.4 Å². The molecule has 2 aromatic carbocycles. The topological polar surface area (TPSA) is 58.6 Å². The van der Waals surface area contributed by atoms with Gasteiger partial charge < -0.3 is 9.64 Å². The Hall–Kier alpha value is -3.05. The van der Waals surface area contributed by atoms with Gasteiger partial charge in [-0.1, -0.05) is 35.9 Å². The molecule has 0 fully saturated rings. The van der Waals surface area contributed by atoms with E-state index in [0.717, 1.165) is 0 Å². The molecular formula is C20H19ClN2O3. The number of anilines is 1. The van der Waals surface area contributed by atoms with E-state index in [0.29, 0.717) is 29.4 Å². The van der Waals surface area contributed by atoms with Crippen LogP contribution in [-0.4, -0.2) is 30.0 Å². The summed E-state index contributed by atoms with van der Waals surface area (Å²) < 4.78 is 5.24. The average molecular weight is 371 g/mol. The largest absolute Gasteiger partial charge is 0.417 e. The van der Waals surface area contributed by atoms with E-state index in [4.69, 9.17) is 16.3 Å². The summed E-state index contributed by atoms with van der Waals surface area (Å²) in [5.74, 6) is 0.0537. The van der Waals surface area contributed by atoms with E-state index >= 15 is 0 Å². The third-order valence-electron chi connectivity index (χ3n) is 3.35.